The molecule has 12 nitrogen and oxygen atoms in total. The van der Waals surface area contributed by atoms with Gasteiger partial charge in [-0.05, 0) is 195 Å². The van der Waals surface area contributed by atoms with Crippen molar-refractivity contribution < 1.29 is 33.6 Å². The summed E-state index contributed by atoms with van der Waals surface area (Å²) in [7, 11) is -1.71. The van der Waals surface area contributed by atoms with E-state index in [0.29, 0.717) is 13.1 Å². The van der Waals surface area contributed by atoms with Crippen molar-refractivity contribution in [1.29, 1.82) is 0 Å². The maximum absolute atomic E-state index is 7.05. The fraction of sp³-hybridized carbons (Fsp3) is 0.0938. The lowest BCUT2D eigenvalue weighted by Gasteiger charge is -2.31. The van der Waals surface area contributed by atoms with Crippen LogP contribution in [0, 0.1) is 0 Å². The summed E-state index contributed by atoms with van der Waals surface area (Å²) >= 11 is 0. The lowest BCUT2D eigenvalue weighted by molar-refractivity contribution is 0.558. The van der Waals surface area contributed by atoms with E-state index in [0.717, 1.165) is 111 Å². The Kier molecular flexibility index (Phi) is 25.5. The lowest BCUT2D eigenvalue weighted by atomic mass is 9.99. The smallest absolute Gasteiger partial charge is 0.310 e. The Labute approximate surface area is 837 Å². The number of fused-ring (bicyclic) bond motifs is 28. The molecule has 0 amide bonds. The lowest BCUT2D eigenvalue weighted by Crippen LogP contribution is -2.27. The highest BCUT2D eigenvalue weighted by atomic mass is 31.1. The Balaban J connectivity index is 0.000000104. The maximum atomic E-state index is 7.05. The Hall–Kier alpha value is -15.6. The molecule has 22 aromatic carbocycles. The second-order valence-corrected chi connectivity index (χ2v) is 42.6. The van der Waals surface area contributed by atoms with Gasteiger partial charge in [0.05, 0.1) is 0 Å². The highest BCUT2D eigenvalue weighted by Crippen LogP contribution is 2.56. The zero-order valence-corrected chi connectivity index (χ0v) is 83.6. The minimum Gasteiger partial charge on any atom is -0.408 e. The molecular weight excluding hydrogens is 1850 g/mol. The van der Waals surface area contributed by atoms with E-state index in [4.69, 9.17) is 33.6 Å². The van der Waals surface area contributed by atoms with Crippen molar-refractivity contribution in [3.8, 4) is 0 Å². The standard InChI is InChI=1S/C36H28NO2P.C36H30NO2P.C34H26NO2P.C22H18NO2P/c1-3-13-27(14-4-1)31-21-22-32(28-15-5-2-6-16-28)37(31)40-38-33-23-19-25-11-7-9-17-29(25)35(33)36-30-18-10-8-12-26(30)20-24-34(36)39-40;1-25(27-13-5-3-6-14-27)37(26(2)28-15-7-4-8-16-28)40-38-33-23-21-29-17-9-11-19-31(29)35(33)36-32-20-12-10-18-30(32)22-24-34(36)39-40;1-3-11-25(12-4-1)23-35(24-26-13-5-2-6-14-26)38-36-31-21-19-27-15-7-9-17-29(27)33(31)34-30-18-10-8-16-28(30)20-22-32(34)37-38;1-23(2)26-24-19-13-11-15-7-3-5-9-17(15)21(19)22-18-10-6-4-8-16(18)12-14-20(22)25-26/h1-20,23-24,31-32H,21-22H2;3-26H,1-2H3;1-22H,23-24H2;3-14H,1-2H3/t31-,32-;25-,26-;;/m10../s1. The van der Waals surface area contributed by atoms with Crippen molar-refractivity contribution in [2.45, 2.75) is 63.9 Å². The van der Waals surface area contributed by atoms with E-state index in [-0.39, 0.29) is 24.2 Å². The van der Waals surface area contributed by atoms with Gasteiger partial charge in [0.2, 0.25) is 0 Å². The average molecular weight is 1950 g/mol. The maximum Gasteiger partial charge on any atom is 0.310 e. The molecule has 16 heteroatoms. The zero-order chi connectivity index (χ0) is 96.5. The van der Waals surface area contributed by atoms with Crippen LogP contribution < -0.4 is 18.7 Å². The SMILES string of the molecule is CN(C)p1oc2ccc3ccccc3c2c2c(ccc3ccccc32)o1.C[C@@H](c1ccccc1)N([C@@H](C)c1ccccc1)p1oc2ccc3ccccc3c2c2c(ccc3ccccc32)o1.c1ccc(CN(Cc2ccccc2)p2oc3ccc4ccccc4c3c3c(ccc4ccccc43)o2)cc1.c1ccc([C@H]2CC[C@H](c3ccccc3)N2p2oc3ccc4ccccc4c3c3c(ccc4ccccc43)o2)cc1. The van der Waals surface area contributed by atoms with E-state index < -0.39 is 32.7 Å². The molecule has 1 aliphatic rings. The predicted octanol–water partition coefficient (Wildman–Crippen LogP) is 38.6. The number of nitrogens with zero attached hydrogens (tertiary/aromatic N) is 4. The molecule has 0 bridgehead atoms. The summed E-state index contributed by atoms with van der Waals surface area (Å²) in [5, 5.41) is 27.7. The molecule has 0 N–H and O–H groups in total. The second-order valence-electron chi connectivity index (χ2n) is 37.0. The molecule has 144 heavy (non-hydrogen) atoms. The zero-order valence-electron chi connectivity index (χ0n) is 80.0. The summed E-state index contributed by atoms with van der Waals surface area (Å²) in [5.74, 6) is 0. The monoisotopic (exact) mass is 1950 g/mol. The highest BCUT2D eigenvalue weighted by Gasteiger charge is 2.40. The van der Waals surface area contributed by atoms with Gasteiger partial charge in [-0.1, -0.05) is 425 Å². The van der Waals surface area contributed by atoms with Gasteiger partial charge in [-0.15, -0.1) is 0 Å². The van der Waals surface area contributed by atoms with Crippen LogP contribution in [0.5, 0.6) is 0 Å². The topological polar surface area (TPSA) is 118 Å². The van der Waals surface area contributed by atoms with E-state index in [1.807, 2.05) is 18.8 Å². The number of hydrogen-bond donors (Lipinski definition) is 0. The Bertz CT molecular complexity index is 8720. The van der Waals surface area contributed by atoms with Crippen LogP contribution in [0.1, 0.15) is 84.2 Å². The molecule has 5 heterocycles. The molecule has 0 aliphatic carbocycles. The molecule has 0 unspecified atom stereocenters. The summed E-state index contributed by atoms with van der Waals surface area (Å²) in [5.41, 5.74) is 14.4. The van der Waals surface area contributed by atoms with Crippen molar-refractivity contribution in [1.82, 2.24) is 0 Å². The Morgan fingerprint density at radius 2 is 0.438 bits per heavy atom. The third-order valence-corrected chi connectivity index (χ3v) is 34.2. The fourth-order valence-electron chi connectivity index (χ4n) is 21.1. The number of benzene rings is 22. The second kappa shape index (κ2) is 40.4. The van der Waals surface area contributed by atoms with Crippen LogP contribution in [0.4, 0.5) is 0 Å². The molecule has 1 aliphatic heterocycles. The van der Waals surface area contributed by atoms with Crippen LogP contribution in [-0.2, 0) is 13.1 Å². The van der Waals surface area contributed by atoms with Crippen LogP contribution in [0.2, 0.25) is 0 Å². The molecule has 4 atom stereocenters. The summed E-state index contributed by atoms with van der Waals surface area (Å²) in [6, 6.07) is 167. The van der Waals surface area contributed by atoms with Gasteiger partial charge in [-0.25, -0.2) is 4.67 Å². The van der Waals surface area contributed by atoms with Crippen molar-refractivity contribution in [3.05, 3.63) is 507 Å². The van der Waals surface area contributed by atoms with Crippen LogP contribution in [0.15, 0.2) is 507 Å². The normalized spacial score (nSPS) is 13.8. The van der Waals surface area contributed by atoms with E-state index in [9.17, 15) is 0 Å². The van der Waals surface area contributed by atoms with Crippen molar-refractivity contribution in [2.75, 3.05) is 32.8 Å². The van der Waals surface area contributed by atoms with Gasteiger partial charge in [-0.3, -0.25) is 0 Å². The van der Waals surface area contributed by atoms with Crippen molar-refractivity contribution in [2.24, 2.45) is 0 Å². The van der Waals surface area contributed by atoms with Crippen LogP contribution in [0.25, 0.3) is 174 Å². The molecule has 27 rings (SSSR count). The third kappa shape index (κ3) is 17.9. The number of rotatable bonds is 14. The first kappa shape index (κ1) is 90.9. The predicted molar refractivity (Wildman–Crippen MR) is 608 cm³/mol. The molecule has 1 saturated heterocycles. The van der Waals surface area contributed by atoms with Crippen molar-refractivity contribution in [3.63, 3.8) is 0 Å². The molecule has 4 aromatic heterocycles. The van der Waals surface area contributed by atoms with Crippen LogP contribution in [-0.4, -0.2) is 14.1 Å². The first-order valence-electron chi connectivity index (χ1n) is 49.2. The first-order chi connectivity index (χ1) is 71.1. The van der Waals surface area contributed by atoms with Gasteiger partial charge in [0.25, 0.3) is 0 Å². The fourth-order valence-corrected chi connectivity index (χ4v) is 27.0. The molecule has 26 aromatic rings. The van der Waals surface area contributed by atoms with Crippen molar-refractivity contribution >= 4 is 207 Å². The van der Waals surface area contributed by atoms with Gasteiger partial charge >= 0.3 is 32.7 Å². The summed E-state index contributed by atoms with van der Waals surface area (Å²) < 4.78 is 63.8. The average Bonchev–Trinajstić information content (AvgIpc) is 1.53. The molecular formula is C128H102N4O8P4. The van der Waals surface area contributed by atoms with Crippen LogP contribution in [0.3, 0.4) is 0 Å². The van der Waals surface area contributed by atoms with Gasteiger partial charge in [0.1, 0.15) is 44.7 Å². The van der Waals surface area contributed by atoms with E-state index in [1.165, 1.54) is 109 Å². The summed E-state index contributed by atoms with van der Waals surface area (Å²) in [6.45, 7) is 5.93. The van der Waals surface area contributed by atoms with E-state index in [1.54, 1.807) is 0 Å². The van der Waals surface area contributed by atoms with E-state index in [2.05, 4.69) is 501 Å². The molecule has 0 radical (unpaired) electrons. The number of hydrogen-bond acceptors (Lipinski definition) is 12. The van der Waals surface area contributed by atoms with Gasteiger partial charge in [-0.2, -0.15) is 14.0 Å². The van der Waals surface area contributed by atoms with Gasteiger partial charge < -0.3 is 33.6 Å². The van der Waals surface area contributed by atoms with Gasteiger partial charge in [0, 0.05) is 94.4 Å². The molecule has 0 spiro atoms. The molecule has 702 valence electrons. The quantitative estimate of drug-likeness (QED) is 0.103. The molecule has 1 fully saturated rings. The Morgan fingerprint density at radius 1 is 0.229 bits per heavy atom. The largest absolute Gasteiger partial charge is 0.408 e. The third-order valence-electron chi connectivity index (χ3n) is 28.0. The molecule has 0 saturated carbocycles. The Morgan fingerprint density at radius 3 is 0.688 bits per heavy atom. The summed E-state index contributed by atoms with van der Waals surface area (Å²) in [4.78, 5) is 0. The minimum atomic E-state index is -1.54. The van der Waals surface area contributed by atoms with E-state index >= 15 is 0 Å². The van der Waals surface area contributed by atoms with Gasteiger partial charge in [0.15, 0.2) is 0 Å². The highest BCUT2D eigenvalue weighted by molar-refractivity contribution is 7.40. The van der Waals surface area contributed by atoms with Crippen LogP contribution >= 0.6 is 32.7 Å². The summed E-state index contributed by atoms with van der Waals surface area (Å²) in [6.07, 6.45) is 2.09. The minimum absolute atomic E-state index is 0.0495. The first-order valence-corrected chi connectivity index (χ1v) is 53.7.